The third-order valence-corrected chi connectivity index (χ3v) is 6.94. The molecule has 0 aromatic carbocycles. The molecule has 17 heavy (non-hydrogen) atoms. The largest absolute Gasteiger partial charge is 0.363 e. The van der Waals surface area contributed by atoms with Crippen LogP contribution in [0.2, 0.25) is 0 Å². The molecule has 0 aliphatic rings. The average molecular weight is 385 g/mol. The number of hydrogen-bond donors (Lipinski definition) is 0. The molecule has 8 heteroatoms. The first-order valence-corrected chi connectivity index (χ1v) is 7.85. The SMILES string of the molecule is CCC(I)(C#N)S(=O)(=O)OC(=O)c1cccs1. The van der Waals surface area contributed by atoms with Crippen molar-refractivity contribution in [3.8, 4) is 6.07 Å². The highest BCUT2D eigenvalue weighted by Gasteiger charge is 2.43. The van der Waals surface area contributed by atoms with E-state index in [1.807, 2.05) is 0 Å². The number of nitrogens with zero attached hydrogens (tertiary/aromatic N) is 1. The topological polar surface area (TPSA) is 84.2 Å². The Morgan fingerprint density at radius 3 is 2.76 bits per heavy atom. The van der Waals surface area contributed by atoms with Crippen LogP contribution in [0.15, 0.2) is 17.5 Å². The maximum atomic E-state index is 11.8. The molecule has 0 saturated heterocycles. The predicted molar refractivity (Wildman–Crippen MR) is 71.3 cm³/mol. The lowest BCUT2D eigenvalue weighted by Crippen LogP contribution is -2.32. The van der Waals surface area contributed by atoms with Gasteiger partial charge in [-0.05, 0) is 40.5 Å². The summed E-state index contributed by atoms with van der Waals surface area (Å²) in [5, 5.41) is 10.5. The smallest absolute Gasteiger partial charge is 0.339 e. The number of alkyl halides is 1. The van der Waals surface area contributed by atoms with Gasteiger partial charge in [-0.3, -0.25) is 0 Å². The highest BCUT2D eigenvalue weighted by Crippen LogP contribution is 2.31. The lowest BCUT2D eigenvalue weighted by atomic mass is 10.4. The van der Waals surface area contributed by atoms with Crippen LogP contribution in [0.4, 0.5) is 0 Å². The second-order valence-electron chi connectivity index (χ2n) is 3.00. The zero-order valence-corrected chi connectivity index (χ0v) is 12.5. The van der Waals surface area contributed by atoms with Crippen LogP contribution in [-0.2, 0) is 14.3 Å². The molecular formula is C9H8INO4S2. The maximum Gasteiger partial charge on any atom is 0.363 e. The predicted octanol–water partition coefficient (Wildman–Crippen LogP) is 2.30. The lowest BCUT2D eigenvalue weighted by molar-refractivity contribution is 0.0750. The first kappa shape index (κ1) is 14.4. The van der Waals surface area contributed by atoms with Gasteiger partial charge in [-0.1, -0.05) is 13.0 Å². The van der Waals surface area contributed by atoms with Crippen molar-refractivity contribution in [1.29, 1.82) is 5.26 Å². The van der Waals surface area contributed by atoms with Gasteiger partial charge in [0.15, 0.2) is 0 Å². The van der Waals surface area contributed by atoms with Gasteiger partial charge in [-0.15, -0.1) is 11.3 Å². The van der Waals surface area contributed by atoms with E-state index in [-0.39, 0.29) is 11.3 Å². The summed E-state index contributed by atoms with van der Waals surface area (Å²) in [7, 11) is -4.26. The molecule has 1 unspecified atom stereocenters. The van der Waals surface area contributed by atoms with E-state index in [1.165, 1.54) is 35.6 Å². The molecule has 0 saturated carbocycles. The Kier molecular flexibility index (Phi) is 4.51. The van der Waals surface area contributed by atoms with Gasteiger partial charge in [-0.25, -0.2) is 4.79 Å². The highest BCUT2D eigenvalue weighted by atomic mass is 127. The Morgan fingerprint density at radius 2 is 2.35 bits per heavy atom. The molecule has 1 aromatic heterocycles. The van der Waals surface area contributed by atoms with E-state index in [9.17, 15) is 13.2 Å². The first-order chi connectivity index (χ1) is 7.86. The zero-order valence-electron chi connectivity index (χ0n) is 8.71. The molecule has 0 amide bonds. The lowest BCUT2D eigenvalue weighted by Gasteiger charge is -2.16. The van der Waals surface area contributed by atoms with E-state index in [4.69, 9.17) is 5.26 Å². The van der Waals surface area contributed by atoms with E-state index >= 15 is 0 Å². The molecule has 92 valence electrons. The monoisotopic (exact) mass is 385 g/mol. The summed E-state index contributed by atoms with van der Waals surface area (Å²) >= 11 is 2.55. The van der Waals surface area contributed by atoms with E-state index < -0.39 is 18.8 Å². The van der Waals surface area contributed by atoms with Crippen LogP contribution < -0.4 is 0 Å². The van der Waals surface area contributed by atoms with Crippen LogP contribution in [-0.4, -0.2) is 17.1 Å². The molecule has 0 N–H and O–H groups in total. The van der Waals surface area contributed by atoms with Gasteiger partial charge in [0, 0.05) is 0 Å². The molecule has 0 bridgehead atoms. The van der Waals surface area contributed by atoms with Crippen molar-refractivity contribution in [3.05, 3.63) is 22.4 Å². The van der Waals surface area contributed by atoms with Crippen molar-refractivity contribution in [2.45, 2.75) is 16.1 Å². The number of thiophene rings is 1. The van der Waals surface area contributed by atoms with Gasteiger partial charge in [0.2, 0.25) is 2.75 Å². The van der Waals surface area contributed by atoms with E-state index in [0.29, 0.717) is 0 Å². The van der Waals surface area contributed by atoms with Crippen LogP contribution in [0.5, 0.6) is 0 Å². The second kappa shape index (κ2) is 5.32. The van der Waals surface area contributed by atoms with Crippen LogP contribution >= 0.6 is 33.9 Å². The van der Waals surface area contributed by atoms with Crippen LogP contribution in [0.3, 0.4) is 0 Å². The van der Waals surface area contributed by atoms with Crippen molar-refractivity contribution in [1.82, 2.24) is 0 Å². The number of halogens is 1. The van der Waals surface area contributed by atoms with Gasteiger partial charge >= 0.3 is 16.1 Å². The van der Waals surface area contributed by atoms with E-state index in [2.05, 4.69) is 4.18 Å². The standard InChI is InChI=1S/C9H8INO4S2/c1-2-9(10,6-11)17(13,14)15-8(12)7-4-3-5-16-7/h3-5H,2H2,1H3. The minimum Gasteiger partial charge on any atom is -0.339 e. The third-order valence-electron chi connectivity index (χ3n) is 1.93. The summed E-state index contributed by atoms with van der Waals surface area (Å²) in [5.41, 5.74) is 0. The number of rotatable bonds is 4. The minimum absolute atomic E-state index is 0.0319. The molecular weight excluding hydrogens is 377 g/mol. The second-order valence-corrected chi connectivity index (χ2v) is 8.29. The van der Waals surface area contributed by atoms with Crippen molar-refractivity contribution < 1.29 is 17.4 Å². The van der Waals surface area contributed by atoms with Crippen molar-refractivity contribution >= 4 is 50.0 Å². The Bertz CT molecular complexity index is 546. The van der Waals surface area contributed by atoms with Gasteiger partial charge in [0.05, 0.1) is 0 Å². The summed E-state index contributed by atoms with van der Waals surface area (Å²) in [6.45, 7) is 1.53. The number of nitriles is 1. The van der Waals surface area contributed by atoms with Crippen molar-refractivity contribution in [2.24, 2.45) is 0 Å². The van der Waals surface area contributed by atoms with Gasteiger partial charge < -0.3 is 4.18 Å². The highest BCUT2D eigenvalue weighted by molar-refractivity contribution is 14.1. The fraction of sp³-hybridized carbons (Fsp3) is 0.333. The molecule has 1 heterocycles. The molecule has 0 aliphatic heterocycles. The third kappa shape index (κ3) is 2.97. The maximum absolute atomic E-state index is 11.8. The number of carbonyl (C=O) groups excluding carboxylic acids is 1. The average Bonchev–Trinajstić information content (AvgIpc) is 2.80. The molecule has 5 nitrogen and oxygen atoms in total. The molecule has 0 aliphatic carbocycles. The summed E-state index contributed by atoms with van der Waals surface area (Å²) in [5.74, 6) is -0.954. The zero-order chi connectivity index (χ0) is 13.1. The summed E-state index contributed by atoms with van der Waals surface area (Å²) in [6.07, 6.45) is 0.0319. The van der Waals surface area contributed by atoms with Crippen molar-refractivity contribution in [3.63, 3.8) is 0 Å². The first-order valence-electron chi connectivity index (χ1n) is 4.48. The van der Waals surface area contributed by atoms with Gasteiger partial charge in [-0.2, -0.15) is 13.7 Å². The van der Waals surface area contributed by atoms with Crippen molar-refractivity contribution in [2.75, 3.05) is 0 Å². The van der Waals surface area contributed by atoms with Crippen LogP contribution in [0, 0.1) is 11.3 Å². The van der Waals surface area contributed by atoms with Gasteiger partial charge in [0.1, 0.15) is 10.9 Å². The Hall–Kier alpha value is -0.660. The number of carbonyl (C=O) groups is 1. The molecule has 1 rings (SSSR count). The molecule has 1 aromatic rings. The fourth-order valence-corrected chi connectivity index (χ4v) is 2.72. The molecule has 1 atom stereocenters. The summed E-state index contributed by atoms with van der Waals surface area (Å²) < 4.78 is 26.2. The van der Waals surface area contributed by atoms with E-state index in [0.717, 1.165) is 11.3 Å². The summed E-state index contributed by atoms with van der Waals surface area (Å²) in [6, 6.07) is 4.70. The molecule has 0 spiro atoms. The molecule has 0 fully saturated rings. The normalized spacial score (nSPS) is 14.6. The van der Waals surface area contributed by atoms with E-state index in [1.54, 1.807) is 17.5 Å². The van der Waals surface area contributed by atoms with Gasteiger partial charge in [0.25, 0.3) is 0 Å². The Morgan fingerprint density at radius 1 is 1.71 bits per heavy atom. The Labute approximate surface area is 117 Å². The molecule has 0 radical (unpaired) electrons. The summed E-state index contributed by atoms with van der Waals surface area (Å²) in [4.78, 5) is 11.7. The minimum atomic E-state index is -4.26. The van der Waals surface area contributed by atoms with Crippen LogP contribution in [0.1, 0.15) is 23.0 Å². The number of hydrogen-bond acceptors (Lipinski definition) is 6. The fourth-order valence-electron chi connectivity index (χ4n) is 0.913. The quantitative estimate of drug-likeness (QED) is 0.451. The van der Waals surface area contributed by atoms with Crippen LogP contribution in [0.25, 0.3) is 0 Å². The Balaban J connectivity index is 2.96.